The molecule has 1 heterocycles. The van der Waals surface area contributed by atoms with Crippen molar-refractivity contribution < 1.29 is 9.90 Å². The minimum Gasteiger partial charge on any atom is -0.386 e. The topological polar surface area (TPSA) is 52.9 Å². The first-order chi connectivity index (χ1) is 7.66. The van der Waals surface area contributed by atoms with Gasteiger partial charge in [-0.2, -0.15) is 5.10 Å². The van der Waals surface area contributed by atoms with E-state index in [1.807, 2.05) is 37.3 Å². The van der Waals surface area contributed by atoms with E-state index in [0.717, 1.165) is 11.3 Å². The highest BCUT2D eigenvalue weighted by molar-refractivity contribution is 6.03. The lowest BCUT2D eigenvalue weighted by molar-refractivity contribution is -0.130. The molecule has 1 N–H and O–H groups in total. The third-order valence-corrected chi connectivity index (χ3v) is 2.52. The molecule has 4 nitrogen and oxygen atoms in total. The number of aliphatic hydroxyl groups is 1. The van der Waals surface area contributed by atoms with Gasteiger partial charge in [-0.1, -0.05) is 30.3 Å². The molecule has 0 bridgehead atoms. The molecule has 0 aromatic heterocycles. The molecule has 2 rings (SSSR count). The number of rotatable bonds is 3. The largest absolute Gasteiger partial charge is 0.386 e. The summed E-state index contributed by atoms with van der Waals surface area (Å²) in [5, 5.41) is 15.3. The molecule has 0 aliphatic carbocycles. The number of carbonyl (C=O) groups is 1. The number of hydrazone groups is 1. The monoisotopic (exact) mass is 218 g/mol. The van der Waals surface area contributed by atoms with E-state index in [4.69, 9.17) is 0 Å². The molecule has 1 amide bonds. The van der Waals surface area contributed by atoms with Gasteiger partial charge in [-0.05, 0) is 12.5 Å². The average molecular weight is 218 g/mol. The average Bonchev–Trinajstić information content (AvgIpc) is 2.59. The number of carbonyl (C=O) groups excluding carboxylic acids is 1. The van der Waals surface area contributed by atoms with Gasteiger partial charge in [-0.3, -0.25) is 4.79 Å². The third-order valence-electron chi connectivity index (χ3n) is 2.52. The minimum atomic E-state index is -0.681. The van der Waals surface area contributed by atoms with E-state index in [1.165, 1.54) is 5.01 Å². The highest BCUT2D eigenvalue weighted by atomic mass is 16.3. The van der Waals surface area contributed by atoms with Crippen LogP contribution in [-0.2, 0) is 4.79 Å². The molecule has 1 aliphatic heterocycles. The van der Waals surface area contributed by atoms with Gasteiger partial charge in [0.2, 0.25) is 5.91 Å². The zero-order valence-corrected chi connectivity index (χ0v) is 9.13. The van der Waals surface area contributed by atoms with E-state index < -0.39 is 6.10 Å². The zero-order chi connectivity index (χ0) is 11.5. The van der Waals surface area contributed by atoms with Gasteiger partial charge in [-0.15, -0.1) is 0 Å². The third kappa shape index (κ3) is 2.28. The Morgan fingerprint density at radius 2 is 2.12 bits per heavy atom. The fraction of sp³-hybridized carbons (Fsp3) is 0.333. The molecular weight excluding hydrogens is 204 g/mol. The Labute approximate surface area is 94.2 Å². The summed E-state index contributed by atoms with van der Waals surface area (Å²) in [6, 6.07) is 9.28. The second-order valence-electron chi connectivity index (χ2n) is 3.91. The van der Waals surface area contributed by atoms with Gasteiger partial charge < -0.3 is 5.11 Å². The van der Waals surface area contributed by atoms with Gasteiger partial charge in [0.25, 0.3) is 0 Å². The van der Waals surface area contributed by atoms with Crippen molar-refractivity contribution in [2.45, 2.75) is 19.4 Å². The van der Waals surface area contributed by atoms with E-state index in [1.54, 1.807) is 0 Å². The van der Waals surface area contributed by atoms with Crippen LogP contribution < -0.4 is 0 Å². The van der Waals surface area contributed by atoms with Crippen molar-refractivity contribution in [2.24, 2.45) is 5.10 Å². The molecule has 0 fully saturated rings. The lowest BCUT2D eigenvalue weighted by Gasteiger charge is -2.16. The number of aliphatic hydroxyl groups excluding tert-OH is 1. The fourth-order valence-electron chi connectivity index (χ4n) is 1.69. The van der Waals surface area contributed by atoms with Crippen molar-refractivity contribution in [1.29, 1.82) is 0 Å². The Morgan fingerprint density at radius 3 is 2.69 bits per heavy atom. The SMILES string of the molecule is CC1=NN(CC(O)c2ccccc2)C(=O)C1. The molecule has 1 atom stereocenters. The van der Waals surface area contributed by atoms with Gasteiger partial charge >= 0.3 is 0 Å². The molecule has 1 unspecified atom stereocenters. The Hall–Kier alpha value is -1.68. The molecule has 0 radical (unpaired) electrons. The van der Waals surface area contributed by atoms with Crippen LogP contribution in [0.25, 0.3) is 0 Å². The molecular formula is C12H14N2O2. The lowest BCUT2D eigenvalue weighted by Crippen LogP contribution is -2.26. The van der Waals surface area contributed by atoms with Gasteiger partial charge in [0.15, 0.2) is 0 Å². The summed E-state index contributed by atoms with van der Waals surface area (Å²) in [5.41, 5.74) is 1.60. The Bertz CT molecular complexity index is 414. The van der Waals surface area contributed by atoms with E-state index in [0.29, 0.717) is 6.42 Å². The van der Waals surface area contributed by atoms with Crippen LogP contribution in [0.15, 0.2) is 35.4 Å². The highest BCUT2D eigenvalue weighted by Crippen LogP contribution is 2.17. The van der Waals surface area contributed by atoms with E-state index in [-0.39, 0.29) is 12.5 Å². The first-order valence-corrected chi connectivity index (χ1v) is 5.24. The number of amides is 1. The summed E-state index contributed by atoms with van der Waals surface area (Å²) in [6.45, 7) is 2.03. The van der Waals surface area contributed by atoms with E-state index >= 15 is 0 Å². The van der Waals surface area contributed by atoms with Crippen molar-refractivity contribution in [3.8, 4) is 0 Å². The number of nitrogens with zero attached hydrogens (tertiary/aromatic N) is 2. The number of hydrogen-bond donors (Lipinski definition) is 1. The van der Waals surface area contributed by atoms with Crippen LogP contribution in [0.1, 0.15) is 25.0 Å². The minimum absolute atomic E-state index is 0.0486. The fourth-order valence-corrected chi connectivity index (χ4v) is 1.69. The molecule has 4 heteroatoms. The normalized spacial score (nSPS) is 17.5. The predicted molar refractivity (Wildman–Crippen MR) is 60.8 cm³/mol. The van der Waals surface area contributed by atoms with Crippen molar-refractivity contribution in [3.05, 3.63) is 35.9 Å². The molecule has 1 aromatic carbocycles. The lowest BCUT2D eigenvalue weighted by atomic mass is 10.1. The molecule has 0 saturated carbocycles. The number of β-amino-alcohol motifs (C(OH)–C–C–N with tert-alkyl or cyclic N) is 1. The first-order valence-electron chi connectivity index (χ1n) is 5.24. The van der Waals surface area contributed by atoms with Crippen molar-refractivity contribution >= 4 is 11.6 Å². The molecule has 1 aliphatic rings. The van der Waals surface area contributed by atoms with Crippen LogP contribution in [0, 0.1) is 0 Å². The predicted octanol–water partition coefficient (Wildman–Crippen LogP) is 1.33. The van der Waals surface area contributed by atoms with Crippen molar-refractivity contribution in [1.82, 2.24) is 5.01 Å². The maximum Gasteiger partial charge on any atom is 0.248 e. The van der Waals surface area contributed by atoms with Gasteiger partial charge in [0, 0.05) is 5.71 Å². The molecule has 0 saturated heterocycles. The summed E-state index contributed by atoms with van der Waals surface area (Å²) in [6.07, 6.45) is -0.318. The summed E-state index contributed by atoms with van der Waals surface area (Å²) in [4.78, 5) is 11.5. The van der Waals surface area contributed by atoms with Crippen molar-refractivity contribution in [3.63, 3.8) is 0 Å². The Balaban J connectivity index is 2.03. The molecule has 0 spiro atoms. The van der Waals surface area contributed by atoms with Crippen molar-refractivity contribution in [2.75, 3.05) is 6.54 Å². The summed E-state index contributed by atoms with van der Waals surface area (Å²) >= 11 is 0. The standard InChI is InChI=1S/C12H14N2O2/c1-9-7-12(16)14(13-9)8-11(15)10-5-3-2-4-6-10/h2-6,11,15H,7-8H2,1H3. The van der Waals surface area contributed by atoms with Crippen LogP contribution >= 0.6 is 0 Å². The molecule has 16 heavy (non-hydrogen) atoms. The smallest absolute Gasteiger partial charge is 0.248 e. The summed E-state index contributed by atoms with van der Waals surface area (Å²) in [7, 11) is 0. The van der Waals surface area contributed by atoms with Crippen LogP contribution in [-0.4, -0.2) is 28.3 Å². The highest BCUT2D eigenvalue weighted by Gasteiger charge is 2.23. The quantitative estimate of drug-likeness (QED) is 0.832. The van der Waals surface area contributed by atoms with Crippen LogP contribution in [0.2, 0.25) is 0 Å². The number of hydrogen-bond acceptors (Lipinski definition) is 3. The second-order valence-corrected chi connectivity index (χ2v) is 3.91. The van der Waals surface area contributed by atoms with Crippen LogP contribution in [0.5, 0.6) is 0 Å². The molecule has 84 valence electrons. The van der Waals surface area contributed by atoms with Crippen LogP contribution in [0.3, 0.4) is 0 Å². The maximum absolute atomic E-state index is 11.5. The molecule has 1 aromatic rings. The number of benzene rings is 1. The first kappa shape index (κ1) is 10.8. The van der Waals surface area contributed by atoms with Gasteiger partial charge in [-0.25, -0.2) is 5.01 Å². The van der Waals surface area contributed by atoms with E-state index in [9.17, 15) is 9.90 Å². The van der Waals surface area contributed by atoms with Gasteiger partial charge in [0.05, 0.1) is 19.1 Å². The maximum atomic E-state index is 11.5. The Kier molecular flexibility index (Phi) is 3.01. The Morgan fingerprint density at radius 1 is 1.44 bits per heavy atom. The van der Waals surface area contributed by atoms with Crippen LogP contribution in [0.4, 0.5) is 0 Å². The summed E-state index contributed by atoms with van der Waals surface area (Å²) in [5.74, 6) is -0.0486. The summed E-state index contributed by atoms with van der Waals surface area (Å²) < 4.78 is 0. The second kappa shape index (κ2) is 4.45. The van der Waals surface area contributed by atoms with Gasteiger partial charge in [0.1, 0.15) is 0 Å². The zero-order valence-electron chi connectivity index (χ0n) is 9.13. The van der Waals surface area contributed by atoms with E-state index in [2.05, 4.69) is 5.10 Å².